The molecule has 1 aliphatic heterocycles. The number of nitrogens with one attached hydrogen (secondary N) is 1. The molecule has 0 saturated carbocycles. The summed E-state index contributed by atoms with van der Waals surface area (Å²) in [6.45, 7) is 2.74. The van der Waals surface area contributed by atoms with Gasteiger partial charge in [-0.2, -0.15) is 0 Å². The van der Waals surface area contributed by atoms with Gasteiger partial charge in [0.15, 0.2) is 0 Å². The Bertz CT molecular complexity index is 477. The lowest BCUT2D eigenvalue weighted by Gasteiger charge is -2.32. The molecular formula is C12H14N2O3. The van der Waals surface area contributed by atoms with Gasteiger partial charge < -0.3 is 10.4 Å². The van der Waals surface area contributed by atoms with E-state index in [-0.39, 0.29) is 12.5 Å². The van der Waals surface area contributed by atoms with Gasteiger partial charge in [-0.3, -0.25) is 14.5 Å². The number of anilines is 2. The van der Waals surface area contributed by atoms with Gasteiger partial charge in [-0.15, -0.1) is 0 Å². The van der Waals surface area contributed by atoms with Gasteiger partial charge in [-0.1, -0.05) is 12.1 Å². The molecule has 0 atom stereocenters. The highest BCUT2D eigenvalue weighted by Crippen LogP contribution is 2.30. The fourth-order valence-corrected chi connectivity index (χ4v) is 1.74. The molecule has 1 heterocycles. The van der Waals surface area contributed by atoms with Crippen LogP contribution in [0.5, 0.6) is 0 Å². The maximum Gasteiger partial charge on any atom is 0.258 e. The zero-order valence-corrected chi connectivity index (χ0v) is 9.73. The van der Waals surface area contributed by atoms with Crippen LogP contribution in [0.3, 0.4) is 0 Å². The van der Waals surface area contributed by atoms with Crippen LogP contribution in [0.15, 0.2) is 24.3 Å². The van der Waals surface area contributed by atoms with Crippen molar-refractivity contribution < 1.29 is 14.7 Å². The molecule has 1 aliphatic rings. The first-order valence-corrected chi connectivity index (χ1v) is 5.33. The summed E-state index contributed by atoms with van der Waals surface area (Å²) in [4.78, 5) is 24.8. The van der Waals surface area contributed by atoms with Gasteiger partial charge in [0.1, 0.15) is 12.1 Å². The summed E-state index contributed by atoms with van der Waals surface area (Å²) in [6, 6.07) is 7.01. The molecule has 90 valence electrons. The number of carbonyl (C=O) groups is 2. The molecule has 1 aromatic rings. The Hall–Kier alpha value is -1.88. The molecule has 2 amide bonds. The first kappa shape index (κ1) is 11.6. The maximum atomic E-state index is 12.0. The highest BCUT2D eigenvalue weighted by Gasteiger charge is 2.34. The normalized spacial score (nSPS) is 15.2. The van der Waals surface area contributed by atoms with Gasteiger partial charge in [0.05, 0.1) is 11.4 Å². The number of aliphatic hydroxyl groups is 1. The topological polar surface area (TPSA) is 69.6 Å². The molecule has 0 aromatic heterocycles. The molecule has 0 saturated heterocycles. The average Bonchev–Trinajstić information content (AvgIpc) is 2.25. The molecule has 2 rings (SSSR count). The summed E-state index contributed by atoms with van der Waals surface area (Å²) in [6.07, 6.45) is 0. The Labute approximate surface area is 99.0 Å². The number of fused-ring (bicyclic) bond motifs is 1. The van der Waals surface area contributed by atoms with Gasteiger partial charge in [0, 0.05) is 0 Å². The van der Waals surface area contributed by atoms with Crippen molar-refractivity contribution in [2.24, 2.45) is 0 Å². The minimum Gasteiger partial charge on any atom is -0.381 e. The largest absolute Gasteiger partial charge is 0.381 e. The fourth-order valence-electron chi connectivity index (χ4n) is 1.74. The third-order valence-electron chi connectivity index (χ3n) is 2.54. The van der Waals surface area contributed by atoms with Gasteiger partial charge in [-0.05, 0) is 26.0 Å². The maximum absolute atomic E-state index is 12.0. The van der Waals surface area contributed by atoms with Crippen molar-refractivity contribution in [3.05, 3.63) is 24.3 Å². The SMILES string of the molecule is CC(C)(O)C(=O)N1CC(=O)Nc2ccccc21. The van der Waals surface area contributed by atoms with Crippen LogP contribution >= 0.6 is 0 Å². The summed E-state index contributed by atoms with van der Waals surface area (Å²) < 4.78 is 0. The van der Waals surface area contributed by atoms with E-state index in [1.54, 1.807) is 24.3 Å². The predicted molar refractivity (Wildman–Crippen MR) is 63.7 cm³/mol. The summed E-state index contributed by atoms with van der Waals surface area (Å²) in [5.74, 6) is -0.749. The van der Waals surface area contributed by atoms with E-state index in [0.717, 1.165) is 0 Å². The lowest BCUT2D eigenvalue weighted by Crippen LogP contribution is -2.50. The van der Waals surface area contributed by atoms with Crippen LogP contribution in [0.1, 0.15) is 13.8 Å². The second-order valence-electron chi connectivity index (χ2n) is 4.52. The predicted octanol–water partition coefficient (Wildman–Crippen LogP) is 0.743. The molecule has 2 N–H and O–H groups in total. The lowest BCUT2D eigenvalue weighted by molar-refractivity contribution is -0.134. The molecular weight excluding hydrogens is 220 g/mol. The summed E-state index contributed by atoms with van der Waals surface area (Å²) in [7, 11) is 0. The molecule has 0 fully saturated rings. The summed E-state index contributed by atoms with van der Waals surface area (Å²) >= 11 is 0. The molecule has 1 aromatic carbocycles. The molecule has 0 spiro atoms. The van der Waals surface area contributed by atoms with Crippen LogP contribution in [-0.4, -0.2) is 29.1 Å². The first-order valence-electron chi connectivity index (χ1n) is 5.33. The minimum atomic E-state index is -1.50. The number of carbonyl (C=O) groups excluding carboxylic acids is 2. The van der Waals surface area contributed by atoms with Crippen molar-refractivity contribution >= 4 is 23.2 Å². The Morgan fingerprint density at radius 2 is 2.06 bits per heavy atom. The standard InChI is InChI=1S/C12H14N2O3/c1-12(2,17)11(16)14-7-10(15)13-8-5-3-4-6-9(8)14/h3-6,17H,7H2,1-2H3,(H,13,15). The zero-order chi connectivity index (χ0) is 12.6. The number of amides is 2. The number of hydrogen-bond acceptors (Lipinski definition) is 3. The molecule has 0 bridgehead atoms. The Kier molecular flexibility index (Phi) is 2.63. The van der Waals surface area contributed by atoms with Crippen molar-refractivity contribution in [2.45, 2.75) is 19.4 Å². The highest BCUT2D eigenvalue weighted by molar-refractivity contribution is 6.11. The Morgan fingerprint density at radius 1 is 1.41 bits per heavy atom. The molecule has 5 heteroatoms. The van der Waals surface area contributed by atoms with Crippen LogP contribution in [0.4, 0.5) is 11.4 Å². The number of benzene rings is 1. The molecule has 0 unspecified atom stereocenters. The Balaban J connectivity index is 2.43. The van der Waals surface area contributed by atoms with E-state index in [0.29, 0.717) is 11.4 Å². The van der Waals surface area contributed by atoms with E-state index in [1.807, 2.05) is 0 Å². The molecule has 0 aliphatic carbocycles. The number of hydrogen-bond donors (Lipinski definition) is 2. The van der Waals surface area contributed by atoms with E-state index in [9.17, 15) is 14.7 Å². The number of nitrogens with zero attached hydrogens (tertiary/aromatic N) is 1. The van der Waals surface area contributed by atoms with Gasteiger partial charge in [0.2, 0.25) is 5.91 Å². The van der Waals surface area contributed by atoms with Crippen LogP contribution in [0.2, 0.25) is 0 Å². The minimum absolute atomic E-state index is 0.0696. The van der Waals surface area contributed by atoms with Crippen LogP contribution in [0.25, 0.3) is 0 Å². The van der Waals surface area contributed by atoms with E-state index in [1.165, 1.54) is 18.7 Å². The second-order valence-corrected chi connectivity index (χ2v) is 4.52. The third-order valence-corrected chi connectivity index (χ3v) is 2.54. The smallest absolute Gasteiger partial charge is 0.258 e. The van der Waals surface area contributed by atoms with Crippen molar-refractivity contribution in [1.29, 1.82) is 0 Å². The van der Waals surface area contributed by atoms with Crippen molar-refractivity contribution in [1.82, 2.24) is 0 Å². The quantitative estimate of drug-likeness (QED) is 0.753. The first-order chi connectivity index (χ1) is 7.89. The lowest BCUT2D eigenvalue weighted by atomic mass is 10.1. The molecule has 0 radical (unpaired) electrons. The van der Waals surface area contributed by atoms with Crippen LogP contribution < -0.4 is 10.2 Å². The Morgan fingerprint density at radius 3 is 2.71 bits per heavy atom. The number of para-hydroxylation sites is 2. The monoisotopic (exact) mass is 234 g/mol. The zero-order valence-electron chi connectivity index (χ0n) is 9.73. The summed E-state index contributed by atoms with van der Waals surface area (Å²) in [5.41, 5.74) is -0.300. The molecule has 5 nitrogen and oxygen atoms in total. The van der Waals surface area contributed by atoms with E-state index in [4.69, 9.17) is 0 Å². The van der Waals surface area contributed by atoms with Gasteiger partial charge in [-0.25, -0.2) is 0 Å². The van der Waals surface area contributed by atoms with Crippen molar-refractivity contribution in [2.75, 3.05) is 16.8 Å². The van der Waals surface area contributed by atoms with Crippen molar-refractivity contribution in [3.8, 4) is 0 Å². The summed E-state index contributed by atoms with van der Waals surface area (Å²) in [5, 5.41) is 12.4. The molecule has 17 heavy (non-hydrogen) atoms. The van der Waals surface area contributed by atoms with E-state index in [2.05, 4.69) is 5.32 Å². The number of rotatable bonds is 1. The fraction of sp³-hybridized carbons (Fsp3) is 0.333. The van der Waals surface area contributed by atoms with Crippen molar-refractivity contribution in [3.63, 3.8) is 0 Å². The third kappa shape index (κ3) is 2.14. The van der Waals surface area contributed by atoms with E-state index >= 15 is 0 Å². The second kappa shape index (κ2) is 3.85. The van der Waals surface area contributed by atoms with Crippen LogP contribution in [-0.2, 0) is 9.59 Å². The van der Waals surface area contributed by atoms with Gasteiger partial charge in [0.25, 0.3) is 5.91 Å². The van der Waals surface area contributed by atoms with Crippen LogP contribution in [0, 0.1) is 0 Å². The van der Waals surface area contributed by atoms with E-state index < -0.39 is 11.5 Å². The van der Waals surface area contributed by atoms with Gasteiger partial charge >= 0.3 is 0 Å². The average molecular weight is 234 g/mol. The highest BCUT2D eigenvalue weighted by atomic mass is 16.3.